The Morgan fingerprint density at radius 1 is 1.40 bits per heavy atom. The molecule has 5 heteroatoms. The predicted molar refractivity (Wildman–Crippen MR) is 54.5 cm³/mol. The number of benzene rings is 1. The van der Waals surface area contributed by atoms with Gasteiger partial charge in [-0.3, -0.25) is 9.79 Å². The summed E-state index contributed by atoms with van der Waals surface area (Å²) >= 11 is 0. The van der Waals surface area contributed by atoms with Crippen molar-refractivity contribution in [2.75, 3.05) is 6.54 Å². The fourth-order valence-corrected chi connectivity index (χ4v) is 1.04. The highest BCUT2D eigenvalue weighted by Gasteiger charge is 2.00. The van der Waals surface area contributed by atoms with E-state index in [1.807, 2.05) is 0 Å². The van der Waals surface area contributed by atoms with Crippen molar-refractivity contribution in [2.24, 2.45) is 4.99 Å². The van der Waals surface area contributed by atoms with E-state index in [4.69, 9.17) is 10.2 Å². The molecule has 0 bridgehead atoms. The Labute approximate surface area is 86.3 Å². The SMILES string of the molecule is O=C(O)CN=CCc1cc(O)ccc1O. The summed E-state index contributed by atoms with van der Waals surface area (Å²) in [5.74, 6) is -0.907. The van der Waals surface area contributed by atoms with Gasteiger partial charge < -0.3 is 15.3 Å². The van der Waals surface area contributed by atoms with Crippen LogP contribution in [0.2, 0.25) is 0 Å². The molecule has 0 heterocycles. The van der Waals surface area contributed by atoms with E-state index in [1.54, 1.807) is 0 Å². The molecule has 0 atom stereocenters. The summed E-state index contributed by atoms with van der Waals surface area (Å²) in [5, 5.41) is 26.8. The Kier molecular flexibility index (Phi) is 3.68. The minimum atomic E-state index is -1.01. The van der Waals surface area contributed by atoms with Gasteiger partial charge >= 0.3 is 5.97 Å². The van der Waals surface area contributed by atoms with E-state index in [0.29, 0.717) is 5.56 Å². The van der Waals surface area contributed by atoms with E-state index in [0.717, 1.165) is 0 Å². The van der Waals surface area contributed by atoms with Crippen LogP contribution in [-0.2, 0) is 11.2 Å². The summed E-state index contributed by atoms with van der Waals surface area (Å²) in [7, 11) is 0. The van der Waals surface area contributed by atoms with Gasteiger partial charge in [0.15, 0.2) is 0 Å². The lowest BCUT2D eigenvalue weighted by Gasteiger charge is -2.01. The van der Waals surface area contributed by atoms with Gasteiger partial charge in [-0.1, -0.05) is 0 Å². The smallest absolute Gasteiger partial charge is 0.325 e. The largest absolute Gasteiger partial charge is 0.508 e. The van der Waals surface area contributed by atoms with Gasteiger partial charge in [0, 0.05) is 18.2 Å². The van der Waals surface area contributed by atoms with Gasteiger partial charge in [0.05, 0.1) is 0 Å². The van der Waals surface area contributed by atoms with Crippen molar-refractivity contribution in [3.8, 4) is 11.5 Å². The number of hydrogen-bond acceptors (Lipinski definition) is 4. The molecule has 3 N–H and O–H groups in total. The predicted octanol–water partition coefficient (Wildman–Crippen LogP) is 0.796. The van der Waals surface area contributed by atoms with Gasteiger partial charge in [0.1, 0.15) is 18.0 Å². The summed E-state index contributed by atoms with van der Waals surface area (Å²) in [6.45, 7) is -0.292. The maximum absolute atomic E-state index is 10.1. The first-order chi connectivity index (χ1) is 7.09. The highest BCUT2D eigenvalue weighted by molar-refractivity contribution is 5.72. The van der Waals surface area contributed by atoms with Gasteiger partial charge in [-0.05, 0) is 18.2 Å². The Morgan fingerprint density at radius 2 is 2.13 bits per heavy atom. The molecule has 0 aromatic heterocycles. The first kappa shape index (κ1) is 11.0. The third-order valence-corrected chi connectivity index (χ3v) is 1.73. The van der Waals surface area contributed by atoms with E-state index < -0.39 is 5.97 Å². The zero-order valence-corrected chi connectivity index (χ0v) is 7.92. The van der Waals surface area contributed by atoms with Crippen LogP contribution in [0, 0.1) is 0 Å². The second-order valence-electron chi connectivity index (χ2n) is 2.93. The number of phenolic OH excluding ortho intramolecular Hbond substituents is 2. The molecule has 0 aliphatic rings. The molecule has 1 aromatic rings. The number of carboxylic acid groups (broad SMARTS) is 1. The molecule has 0 unspecified atom stereocenters. The first-order valence-electron chi connectivity index (χ1n) is 4.30. The van der Waals surface area contributed by atoms with E-state index in [-0.39, 0.29) is 24.5 Å². The minimum absolute atomic E-state index is 0.0504. The van der Waals surface area contributed by atoms with Crippen molar-refractivity contribution in [2.45, 2.75) is 6.42 Å². The van der Waals surface area contributed by atoms with Crippen LogP contribution >= 0.6 is 0 Å². The van der Waals surface area contributed by atoms with Crippen molar-refractivity contribution >= 4 is 12.2 Å². The Bertz CT molecular complexity index is 387. The second-order valence-corrected chi connectivity index (χ2v) is 2.93. The van der Waals surface area contributed by atoms with Crippen molar-refractivity contribution in [1.82, 2.24) is 0 Å². The second kappa shape index (κ2) is 4.99. The summed E-state index contributed by atoms with van der Waals surface area (Å²) in [5.41, 5.74) is 0.504. The fourth-order valence-electron chi connectivity index (χ4n) is 1.04. The number of aliphatic carboxylic acids is 1. The van der Waals surface area contributed by atoms with Crippen LogP contribution < -0.4 is 0 Å². The van der Waals surface area contributed by atoms with Gasteiger partial charge in [-0.15, -0.1) is 0 Å². The molecule has 0 saturated heterocycles. The average Bonchev–Trinajstić information content (AvgIpc) is 2.17. The molecule has 0 aliphatic carbocycles. The van der Waals surface area contributed by atoms with Crippen LogP contribution in [0.15, 0.2) is 23.2 Å². The summed E-state index contributed by atoms with van der Waals surface area (Å²) in [6.07, 6.45) is 1.68. The van der Waals surface area contributed by atoms with Crippen LogP contribution in [0.25, 0.3) is 0 Å². The molecular weight excluding hydrogens is 198 g/mol. The zero-order chi connectivity index (χ0) is 11.3. The number of hydrogen-bond donors (Lipinski definition) is 3. The van der Waals surface area contributed by atoms with Crippen LogP contribution in [-0.4, -0.2) is 34.0 Å². The van der Waals surface area contributed by atoms with Crippen LogP contribution in [0.4, 0.5) is 0 Å². The molecule has 0 saturated carbocycles. The van der Waals surface area contributed by atoms with Crippen molar-refractivity contribution in [3.05, 3.63) is 23.8 Å². The molecule has 5 nitrogen and oxygen atoms in total. The van der Waals surface area contributed by atoms with Crippen molar-refractivity contribution in [1.29, 1.82) is 0 Å². The van der Waals surface area contributed by atoms with Crippen LogP contribution in [0.1, 0.15) is 5.56 Å². The Balaban J connectivity index is 2.60. The summed E-state index contributed by atoms with van der Waals surface area (Å²) < 4.78 is 0. The summed E-state index contributed by atoms with van der Waals surface area (Å²) in [4.78, 5) is 13.7. The average molecular weight is 209 g/mol. The van der Waals surface area contributed by atoms with Gasteiger partial charge in [-0.25, -0.2) is 0 Å². The lowest BCUT2D eigenvalue weighted by Crippen LogP contribution is -1.99. The number of nitrogens with zero attached hydrogens (tertiary/aromatic N) is 1. The third-order valence-electron chi connectivity index (χ3n) is 1.73. The number of carbonyl (C=O) groups is 1. The summed E-state index contributed by atoms with van der Waals surface area (Å²) in [6, 6.07) is 4.14. The molecule has 1 rings (SSSR count). The zero-order valence-electron chi connectivity index (χ0n) is 7.92. The molecule has 0 fully saturated rings. The highest BCUT2D eigenvalue weighted by Crippen LogP contribution is 2.21. The van der Waals surface area contributed by atoms with Gasteiger partial charge in [-0.2, -0.15) is 0 Å². The van der Waals surface area contributed by atoms with E-state index >= 15 is 0 Å². The Morgan fingerprint density at radius 3 is 2.80 bits per heavy atom. The maximum Gasteiger partial charge on any atom is 0.325 e. The number of rotatable bonds is 4. The van der Waals surface area contributed by atoms with Crippen LogP contribution in [0.5, 0.6) is 11.5 Å². The maximum atomic E-state index is 10.1. The quantitative estimate of drug-likeness (QED) is 0.505. The highest BCUT2D eigenvalue weighted by atomic mass is 16.4. The van der Waals surface area contributed by atoms with E-state index in [9.17, 15) is 9.90 Å². The molecular formula is C10H11NO4. The minimum Gasteiger partial charge on any atom is -0.508 e. The molecule has 0 radical (unpaired) electrons. The normalized spacial score (nSPS) is 10.7. The fraction of sp³-hybridized carbons (Fsp3) is 0.200. The first-order valence-corrected chi connectivity index (χ1v) is 4.30. The van der Waals surface area contributed by atoms with Gasteiger partial charge in [0.2, 0.25) is 0 Å². The molecule has 15 heavy (non-hydrogen) atoms. The molecule has 0 spiro atoms. The standard InChI is InChI=1S/C10H11NO4/c12-8-1-2-9(13)7(5-8)3-4-11-6-10(14)15/h1-2,4-5,12-13H,3,6H2,(H,14,15). The third kappa shape index (κ3) is 3.68. The lowest BCUT2D eigenvalue weighted by atomic mass is 10.1. The number of carboxylic acids is 1. The lowest BCUT2D eigenvalue weighted by molar-refractivity contribution is -0.135. The topological polar surface area (TPSA) is 90.1 Å². The van der Waals surface area contributed by atoms with Gasteiger partial charge in [0.25, 0.3) is 0 Å². The number of aliphatic imine (C=N–C) groups is 1. The molecule has 0 amide bonds. The Hall–Kier alpha value is -2.04. The van der Waals surface area contributed by atoms with Crippen molar-refractivity contribution in [3.63, 3.8) is 0 Å². The molecule has 1 aromatic carbocycles. The van der Waals surface area contributed by atoms with E-state index in [2.05, 4.69) is 4.99 Å². The molecule has 80 valence electrons. The van der Waals surface area contributed by atoms with Crippen LogP contribution in [0.3, 0.4) is 0 Å². The van der Waals surface area contributed by atoms with E-state index in [1.165, 1.54) is 24.4 Å². The number of phenols is 2. The number of aromatic hydroxyl groups is 2. The molecule has 0 aliphatic heterocycles. The van der Waals surface area contributed by atoms with Crippen molar-refractivity contribution < 1.29 is 20.1 Å². The monoisotopic (exact) mass is 209 g/mol.